The van der Waals surface area contributed by atoms with Crippen molar-refractivity contribution in [1.29, 1.82) is 0 Å². The van der Waals surface area contributed by atoms with Gasteiger partial charge in [0.1, 0.15) is 24.8 Å². The van der Waals surface area contributed by atoms with Gasteiger partial charge in [-0.2, -0.15) is 0 Å². The van der Waals surface area contributed by atoms with Gasteiger partial charge in [0, 0.05) is 97.7 Å². The van der Waals surface area contributed by atoms with E-state index in [9.17, 15) is 23.7 Å². The predicted molar refractivity (Wildman–Crippen MR) is 241 cm³/mol. The number of thioether (sulfide) groups is 1. The first-order valence-corrected chi connectivity index (χ1v) is 25.0. The number of amides is 4. The molecule has 4 heterocycles. The van der Waals surface area contributed by atoms with Gasteiger partial charge in [-0.15, -0.1) is 11.8 Å². The molecule has 2 saturated heterocycles. The first kappa shape index (κ1) is 44.3. The molecule has 1 unspecified atom stereocenters. The SMILES string of the molecule is COc1cc(N2CCC(N(C)C(=O)CCCCCSc3cccc4c3CN(C3CCC(=O)NC3=O)C4=O)CC2)ccc1Cc1ncc(Cl)c(Cc2ccccc2P(C)(C)=O)n1. The smallest absolute Gasteiger partial charge is 0.255 e. The lowest BCUT2D eigenvalue weighted by molar-refractivity contribution is -0.137. The zero-order chi connectivity index (χ0) is 43.3. The van der Waals surface area contributed by atoms with Crippen molar-refractivity contribution < 1.29 is 28.5 Å². The molecule has 4 aromatic rings. The summed E-state index contributed by atoms with van der Waals surface area (Å²) in [7, 11) is 1.12. The maximum absolute atomic E-state index is 13.2. The first-order chi connectivity index (χ1) is 29.3. The highest BCUT2D eigenvalue weighted by Gasteiger charge is 2.40. The van der Waals surface area contributed by atoms with E-state index in [2.05, 4.69) is 33.4 Å². The molecule has 4 amide bonds. The van der Waals surface area contributed by atoms with Crippen molar-refractivity contribution in [2.24, 2.45) is 0 Å². The molecular formula is C46H54ClN6O6PS. The Hall–Kier alpha value is -4.71. The highest BCUT2D eigenvalue weighted by Crippen LogP contribution is 2.37. The molecule has 0 saturated carbocycles. The second-order valence-electron chi connectivity index (χ2n) is 16.5. The molecular weight excluding hydrogens is 831 g/mol. The summed E-state index contributed by atoms with van der Waals surface area (Å²) in [6.07, 6.45) is 8.11. The molecule has 322 valence electrons. The summed E-state index contributed by atoms with van der Waals surface area (Å²) in [6, 6.07) is 19.3. The molecule has 61 heavy (non-hydrogen) atoms. The van der Waals surface area contributed by atoms with Crippen LogP contribution in [0.15, 0.2) is 71.8 Å². The van der Waals surface area contributed by atoms with Gasteiger partial charge in [-0.05, 0) is 80.5 Å². The zero-order valence-electron chi connectivity index (χ0n) is 35.3. The van der Waals surface area contributed by atoms with E-state index in [0.717, 1.165) is 89.3 Å². The fourth-order valence-electron chi connectivity index (χ4n) is 8.59. The largest absolute Gasteiger partial charge is 0.496 e. The van der Waals surface area contributed by atoms with Crippen molar-refractivity contribution in [2.45, 2.75) is 87.7 Å². The highest BCUT2D eigenvalue weighted by atomic mass is 35.5. The molecule has 1 N–H and O–H groups in total. The maximum atomic E-state index is 13.2. The number of fused-ring (bicyclic) bond motifs is 1. The number of methoxy groups -OCH3 is 1. The van der Waals surface area contributed by atoms with Crippen molar-refractivity contribution in [1.82, 2.24) is 25.1 Å². The van der Waals surface area contributed by atoms with Gasteiger partial charge < -0.3 is 24.0 Å². The average molecular weight is 885 g/mol. The van der Waals surface area contributed by atoms with Crippen molar-refractivity contribution >= 4 is 65.1 Å². The number of anilines is 1. The van der Waals surface area contributed by atoms with Crippen LogP contribution in [0.2, 0.25) is 5.02 Å². The Morgan fingerprint density at radius 2 is 1.77 bits per heavy atom. The van der Waals surface area contributed by atoms with Crippen LogP contribution in [0.3, 0.4) is 0 Å². The van der Waals surface area contributed by atoms with E-state index in [1.54, 1.807) is 43.3 Å². The van der Waals surface area contributed by atoms with Crippen LogP contribution < -0.4 is 20.3 Å². The topological polar surface area (TPSA) is 142 Å². The summed E-state index contributed by atoms with van der Waals surface area (Å²) in [4.78, 5) is 66.8. The molecule has 3 aromatic carbocycles. The van der Waals surface area contributed by atoms with E-state index < -0.39 is 19.1 Å². The Labute approximate surface area is 367 Å². The van der Waals surface area contributed by atoms with Crippen LogP contribution in [0.1, 0.15) is 89.9 Å². The maximum Gasteiger partial charge on any atom is 0.255 e. The molecule has 3 aliphatic heterocycles. The van der Waals surface area contributed by atoms with Gasteiger partial charge >= 0.3 is 0 Å². The predicted octanol–water partition coefficient (Wildman–Crippen LogP) is 7.11. The van der Waals surface area contributed by atoms with Gasteiger partial charge in [-0.1, -0.05) is 54.4 Å². The quantitative estimate of drug-likeness (QED) is 0.0536. The number of unbranched alkanes of at least 4 members (excludes halogenated alkanes) is 2. The molecule has 15 heteroatoms. The number of hydrogen-bond donors (Lipinski definition) is 1. The summed E-state index contributed by atoms with van der Waals surface area (Å²) in [5, 5.41) is 3.67. The number of carbonyl (C=O) groups is 4. The number of imide groups is 1. The van der Waals surface area contributed by atoms with E-state index in [1.807, 2.05) is 54.4 Å². The zero-order valence-corrected chi connectivity index (χ0v) is 37.8. The van der Waals surface area contributed by atoms with Crippen LogP contribution in [-0.4, -0.2) is 102 Å². The number of nitrogens with one attached hydrogen (secondary N) is 1. The van der Waals surface area contributed by atoms with Gasteiger partial charge in [-0.25, -0.2) is 9.97 Å². The van der Waals surface area contributed by atoms with Crippen LogP contribution in [0.4, 0.5) is 5.69 Å². The lowest BCUT2D eigenvalue weighted by Crippen LogP contribution is -2.52. The van der Waals surface area contributed by atoms with Gasteiger partial charge in [0.25, 0.3) is 5.91 Å². The van der Waals surface area contributed by atoms with E-state index in [-0.39, 0.29) is 30.2 Å². The van der Waals surface area contributed by atoms with E-state index in [0.29, 0.717) is 54.3 Å². The minimum absolute atomic E-state index is 0.159. The van der Waals surface area contributed by atoms with Crippen molar-refractivity contribution in [3.05, 3.63) is 106 Å². The van der Waals surface area contributed by atoms with Gasteiger partial charge in [0.2, 0.25) is 17.7 Å². The molecule has 7 rings (SSSR count). The Bertz CT molecular complexity index is 2350. The highest BCUT2D eigenvalue weighted by molar-refractivity contribution is 7.99. The van der Waals surface area contributed by atoms with Gasteiger partial charge in [0.15, 0.2) is 0 Å². The summed E-state index contributed by atoms with van der Waals surface area (Å²) in [5.74, 6) is 1.58. The summed E-state index contributed by atoms with van der Waals surface area (Å²) in [6.45, 7) is 5.58. The first-order valence-electron chi connectivity index (χ1n) is 21.0. The van der Waals surface area contributed by atoms with Crippen LogP contribution in [0.5, 0.6) is 5.75 Å². The summed E-state index contributed by atoms with van der Waals surface area (Å²) < 4.78 is 18.8. The van der Waals surface area contributed by atoms with Crippen LogP contribution >= 0.6 is 30.5 Å². The van der Waals surface area contributed by atoms with Crippen molar-refractivity contribution in [2.75, 3.05) is 51.2 Å². The third-order valence-corrected chi connectivity index (χ3v) is 15.1. The second kappa shape index (κ2) is 19.6. The molecule has 2 fully saturated rings. The Balaban J connectivity index is 0.849. The lowest BCUT2D eigenvalue weighted by atomic mass is 10.0. The number of hydrogen-bond acceptors (Lipinski definition) is 10. The van der Waals surface area contributed by atoms with Crippen LogP contribution in [0.25, 0.3) is 0 Å². The number of carbonyl (C=O) groups excluding carboxylic acids is 4. The van der Waals surface area contributed by atoms with Gasteiger partial charge in [0.05, 0.1) is 17.8 Å². The molecule has 0 aliphatic carbocycles. The average Bonchev–Trinajstić information content (AvgIpc) is 3.59. The lowest BCUT2D eigenvalue weighted by Gasteiger charge is -2.38. The van der Waals surface area contributed by atoms with Gasteiger partial charge in [-0.3, -0.25) is 24.5 Å². The fraction of sp³-hybridized carbons (Fsp3) is 0.435. The molecule has 1 aromatic heterocycles. The number of aromatic nitrogens is 2. The minimum Gasteiger partial charge on any atom is -0.496 e. The minimum atomic E-state index is -2.48. The third-order valence-electron chi connectivity index (χ3n) is 12.0. The molecule has 0 bridgehead atoms. The van der Waals surface area contributed by atoms with E-state index >= 15 is 0 Å². The Morgan fingerprint density at radius 3 is 2.52 bits per heavy atom. The number of rotatable bonds is 16. The molecule has 0 radical (unpaired) electrons. The van der Waals surface area contributed by atoms with Crippen molar-refractivity contribution in [3.8, 4) is 5.75 Å². The van der Waals surface area contributed by atoms with Crippen LogP contribution in [0, 0.1) is 0 Å². The van der Waals surface area contributed by atoms with Crippen molar-refractivity contribution in [3.63, 3.8) is 0 Å². The van der Waals surface area contributed by atoms with E-state index in [1.165, 1.54) is 0 Å². The summed E-state index contributed by atoms with van der Waals surface area (Å²) >= 11 is 8.27. The third kappa shape index (κ3) is 10.5. The fourth-order valence-corrected chi connectivity index (χ4v) is 11.1. The Kier molecular flexibility index (Phi) is 14.2. The number of benzene rings is 3. The number of ether oxygens (including phenoxy) is 1. The summed E-state index contributed by atoms with van der Waals surface area (Å²) in [5.41, 5.74) is 5.25. The molecule has 3 aliphatic rings. The Morgan fingerprint density at radius 1 is 0.984 bits per heavy atom. The number of nitrogens with zero attached hydrogens (tertiary/aromatic N) is 5. The standard InChI is InChI=1S/C46H54ClN6O6PS/c1-51(44(55)15-6-5-9-24-61-41-14-10-12-34-35(41)29-53(46(34)57)38-18-19-43(54)50-45(38)56)32-20-22-52(23-21-32)33-17-16-30(39(27-33)59-2)26-42-48-28-36(47)37(49-42)25-31-11-7-8-13-40(31)60(3,4)58/h7-8,10-14,16-17,27-28,32,38H,5-6,9,15,18-26,29H2,1-4H3,(H,50,54,56). The molecule has 12 nitrogen and oxygen atoms in total. The molecule has 0 spiro atoms. The second-order valence-corrected chi connectivity index (χ2v) is 21.2. The van der Waals surface area contributed by atoms with E-state index in [4.69, 9.17) is 21.3 Å². The normalized spacial score (nSPS) is 17.1. The molecule has 1 atom stereocenters. The number of halogens is 1. The monoisotopic (exact) mass is 884 g/mol. The number of piperidine rings is 2. The van der Waals surface area contributed by atoms with Crippen LogP contribution in [-0.2, 0) is 38.3 Å².